The summed E-state index contributed by atoms with van der Waals surface area (Å²) in [6, 6.07) is 0. The number of rotatable bonds is 0. The van der Waals surface area contributed by atoms with Gasteiger partial charge in [0, 0.05) is 22.7 Å². The molecule has 1 aliphatic heterocycles. The smallest absolute Gasteiger partial charge is 0.325 e. The number of ether oxygens (including phenoxy) is 6. The third-order valence-corrected chi connectivity index (χ3v) is 27.6. The second kappa shape index (κ2) is 8.42. The minimum atomic E-state index is -1.74. The van der Waals surface area contributed by atoms with E-state index in [1.807, 2.05) is 0 Å². The van der Waals surface area contributed by atoms with Crippen molar-refractivity contribution in [1.82, 2.24) is 0 Å². The summed E-state index contributed by atoms with van der Waals surface area (Å²) < 4.78 is 38.0. The number of cyclic esters (lactones) is 2. The van der Waals surface area contributed by atoms with Gasteiger partial charge < -0.3 is 28.4 Å². The van der Waals surface area contributed by atoms with E-state index in [1.165, 1.54) is 254 Å². The Labute approximate surface area is 444 Å². The van der Waals surface area contributed by atoms with Crippen LogP contribution in [0.3, 0.4) is 0 Å². The summed E-state index contributed by atoms with van der Waals surface area (Å²) in [7, 11) is 0. The molecule has 26 aromatic carbocycles. The molecule has 34 rings (SSSR count). The van der Waals surface area contributed by atoms with Crippen LogP contribution in [0.15, 0.2) is 0 Å². The fourth-order valence-electron chi connectivity index (χ4n) is 27.4. The highest BCUT2D eigenvalue weighted by Gasteiger charge is 3.04. The van der Waals surface area contributed by atoms with Crippen molar-refractivity contribution in [3.05, 3.63) is 33.4 Å². The molecular formula is C73H22O8. The van der Waals surface area contributed by atoms with Gasteiger partial charge in [-0.1, -0.05) is 0 Å². The summed E-state index contributed by atoms with van der Waals surface area (Å²) in [6.07, 6.45) is 0. The molecule has 8 nitrogen and oxygen atoms in total. The summed E-state index contributed by atoms with van der Waals surface area (Å²) in [6.45, 7) is 2.87. The second-order valence-corrected chi connectivity index (χ2v) is 28.1. The Morgan fingerprint density at radius 3 is 0.753 bits per heavy atom. The average molecular weight is 1030 g/mol. The van der Waals surface area contributed by atoms with Gasteiger partial charge in [-0.2, -0.15) is 0 Å². The molecule has 8 heteroatoms. The van der Waals surface area contributed by atoms with Crippen molar-refractivity contribution < 1.29 is 38.0 Å². The highest BCUT2D eigenvalue weighted by molar-refractivity contribution is 6.80. The zero-order valence-corrected chi connectivity index (χ0v) is 42.0. The molecule has 8 aliphatic rings. The summed E-state index contributed by atoms with van der Waals surface area (Å²) in [5.74, 6) is -1.42. The first-order chi connectivity index (χ1) is 40.3. The molecule has 0 amide bonds. The minimum Gasteiger partial charge on any atom is -0.462 e. The minimum absolute atomic E-state index is 0.0242. The molecule has 0 N–H and O–H groups in total. The van der Waals surface area contributed by atoms with Crippen molar-refractivity contribution >= 4 is 281 Å². The third kappa shape index (κ3) is 2.04. The van der Waals surface area contributed by atoms with Crippen molar-refractivity contribution in [3.63, 3.8) is 0 Å². The Kier molecular flexibility index (Phi) is 3.53. The quantitative estimate of drug-likeness (QED) is 0.0843. The molecule has 0 radical (unpaired) electrons. The van der Waals surface area contributed by atoms with E-state index >= 15 is 9.59 Å². The monoisotopic (exact) mass is 1030 g/mol. The standard InChI is InChI=1S/C73H22O8/c74-69-73(70(75)81-10-8-79-6-4-77-2-1-76-3-5-78-7-9-80-69)71-65-58-51-39-31-22-13-11-12-14-17(13)26-33(31)41-42-34(26)32-23(14)25-21-16(12)19-18-15(11)20-24(22)37(39)45-43-29(20)27(18)35-36-28(19)30(21)44-46-38(25)40(32)52-54(42)63(62(65)53(41)51)66-59(52)57(46)61-50(44)48(36)55-47(35)49(43)60(56(45)58)67(71)64(55)68(61)72(66,71)73/h65,68H,1-10H2. The first kappa shape index (κ1) is 33.9. The molecular weight excluding hydrogens is 1000 g/mol. The second-order valence-electron chi connectivity index (χ2n) is 28.1. The Bertz CT molecular complexity index is 7540. The van der Waals surface area contributed by atoms with E-state index in [9.17, 15) is 0 Å². The Morgan fingerprint density at radius 1 is 0.210 bits per heavy atom. The predicted molar refractivity (Wildman–Crippen MR) is 318 cm³/mol. The molecule has 4 unspecified atom stereocenters. The Hall–Kier alpha value is -8.50. The molecule has 4 atom stereocenters. The molecule has 3 spiro atoms. The average Bonchev–Trinajstić information content (AvgIpc) is 1.38. The number of hydrogen-bond acceptors (Lipinski definition) is 8. The molecule has 1 saturated heterocycles. The van der Waals surface area contributed by atoms with Crippen LogP contribution in [0.5, 0.6) is 0 Å². The van der Waals surface area contributed by atoms with Crippen molar-refractivity contribution in [1.29, 1.82) is 0 Å². The normalized spacial score (nSPS) is 26.5. The molecule has 26 aromatic rings. The first-order valence-corrected chi connectivity index (χ1v) is 29.9. The zero-order valence-electron chi connectivity index (χ0n) is 42.0. The van der Waals surface area contributed by atoms with Crippen molar-refractivity contribution in [2.75, 3.05) is 66.1 Å². The highest BCUT2D eigenvalue weighted by Crippen LogP contribution is 3.00. The van der Waals surface area contributed by atoms with Gasteiger partial charge >= 0.3 is 11.9 Å². The lowest BCUT2D eigenvalue weighted by atomic mass is 9.62. The fourth-order valence-corrected chi connectivity index (χ4v) is 27.4. The number of hydrogen-bond donors (Lipinski definition) is 0. The van der Waals surface area contributed by atoms with E-state index in [0.717, 1.165) is 0 Å². The van der Waals surface area contributed by atoms with E-state index in [-0.39, 0.29) is 38.3 Å². The van der Waals surface area contributed by atoms with E-state index in [2.05, 4.69) is 0 Å². The molecule has 0 bridgehead atoms. The van der Waals surface area contributed by atoms with Crippen LogP contribution in [0.25, 0.3) is 269 Å². The van der Waals surface area contributed by atoms with Crippen molar-refractivity contribution in [3.8, 4) is 0 Å². The van der Waals surface area contributed by atoms with Crippen molar-refractivity contribution in [2.45, 2.75) is 22.7 Å². The lowest BCUT2D eigenvalue weighted by Crippen LogP contribution is -2.44. The van der Waals surface area contributed by atoms with Gasteiger partial charge in [0.05, 0.1) is 52.9 Å². The molecule has 0 aromatic heterocycles. The van der Waals surface area contributed by atoms with E-state index in [1.54, 1.807) is 48.5 Å². The van der Waals surface area contributed by atoms with E-state index in [0.29, 0.717) is 39.6 Å². The van der Waals surface area contributed by atoms with E-state index in [4.69, 9.17) is 28.4 Å². The van der Waals surface area contributed by atoms with Crippen LogP contribution in [0.1, 0.15) is 45.2 Å². The number of carbonyl (C=O) groups is 2. The van der Waals surface area contributed by atoms with Crippen LogP contribution in [-0.4, -0.2) is 78.0 Å². The molecule has 7 aliphatic carbocycles. The maximum absolute atomic E-state index is 17.3. The Balaban J connectivity index is 0.945. The fraction of sp³-hybridized carbons (Fsp3) is 0.205. The number of benzene rings is 16. The van der Waals surface area contributed by atoms with Crippen LogP contribution in [0.2, 0.25) is 0 Å². The zero-order chi connectivity index (χ0) is 49.5. The van der Waals surface area contributed by atoms with Gasteiger partial charge in [0.1, 0.15) is 13.2 Å². The topological polar surface area (TPSA) is 89.5 Å². The van der Waals surface area contributed by atoms with Gasteiger partial charge in [-0.25, -0.2) is 0 Å². The van der Waals surface area contributed by atoms with Crippen LogP contribution in [-0.2, 0) is 48.8 Å². The van der Waals surface area contributed by atoms with Crippen LogP contribution >= 0.6 is 0 Å². The van der Waals surface area contributed by atoms with Gasteiger partial charge in [-0.15, -0.1) is 0 Å². The predicted octanol–water partition coefficient (Wildman–Crippen LogP) is 15.0. The third-order valence-electron chi connectivity index (χ3n) is 27.6. The van der Waals surface area contributed by atoms with Crippen molar-refractivity contribution in [2.24, 2.45) is 5.41 Å². The number of carbonyl (C=O) groups excluding carboxylic acids is 2. The van der Waals surface area contributed by atoms with Gasteiger partial charge in [0.15, 0.2) is 5.41 Å². The van der Waals surface area contributed by atoms with Gasteiger partial charge in [-0.3, -0.25) is 9.59 Å². The highest BCUT2D eigenvalue weighted by atomic mass is 16.6. The molecule has 1 saturated carbocycles. The van der Waals surface area contributed by atoms with Crippen LogP contribution < -0.4 is 0 Å². The number of esters is 2. The molecule has 1 heterocycles. The Morgan fingerprint density at radius 2 is 0.407 bits per heavy atom. The molecule has 81 heavy (non-hydrogen) atoms. The van der Waals surface area contributed by atoms with Crippen LogP contribution in [0, 0.1) is 5.41 Å². The maximum atomic E-state index is 17.3. The summed E-state index contributed by atoms with van der Waals surface area (Å²) in [4.78, 5) is 34.6. The van der Waals surface area contributed by atoms with Gasteiger partial charge in [0.2, 0.25) is 0 Å². The maximum Gasteiger partial charge on any atom is 0.325 e. The lowest BCUT2D eigenvalue weighted by molar-refractivity contribution is -0.169. The summed E-state index contributed by atoms with van der Waals surface area (Å²) >= 11 is 0. The molecule has 362 valence electrons. The summed E-state index contributed by atoms with van der Waals surface area (Å²) in [5, 5.41) is 74.6. The van der Waals surface area contributed by atoms with Gasteiger partial charge in [0.25, 0.3) is 0 Å². The van der Waals surface area contributed by atoms with Gasteiger partial charge in [-0.05, 0) is 303 Å². The lowest BCUT2D eigenvalue weighted by Gasteiger charge is -2.38. The largest absolute Gasteiger partial charge is 0.462 e. The SMILES string of the molecule is O=C1OCCOCCOCCOCCOCCOC(=O)C12C13c4c5c6c7c8c9c%10c%11c(c%12c%13c%14c%15c(c%16c4c4c6c6c7c7c%17c8c%10c8c%10c%11c%12c%11c%14c%12c%14c%15c%15c%16c4c4c6c6c7c7c%17c8c8c%10c%11c%12c%10c%11c%14c%15c4c6c%11c7c8%10)C%131)C23C59. The summed E-state index contributed by atoms with van der Waals surface area (Å²) in [5.41, 5.74) is 4.44. The molecule has 2 fully saturated rings. The first-order valence-electron chi connectivity index (χ1n) is 29.9. The van der Waals surface area contributed by atoms with E-state index < -0.39 is 28.2 Å². The van der Waals surface area contributed by atoms with Crippen LogP contribution in [0.4, 0.5) is 0 Å².